The summed E-state index contributed by atoms with van der Waals surface area (Å²) >= 11 is 3.69. The number of rotatable bonds is 16. The van der Waals surface area contributed by atoms with E-state index in [4.69, 9.17) is 14.2 Å². The molecule has 2 bridgehead atoms. The van der Waals surface area contributed by atoms with E-state index in [1.54, 1.807) is 24.0 Å². The summed E-state index contributed by atoms with van der Waals surface area (Å²) < 4.78 is 17.9. The Hall–Kier alpha value is -2.32. The summed E-state index contributed by atoms with van der Waals surface area (Å²) in [7, 11) is 0. The SMILES string of the molecule is C=CCCC(=O)NC[C@@H](C)OC(=O)[C@@H]1[C@H]2O[C@@]3(CC2Br)[C@H](C(=O)N(CC=C)CCN2CCOCC2)N([C@@H](CO)C(C)C)C(=O)[C@@H]13. The largest absolute Gasteiger partial charge is 0.460 e. The molecular formula is C32H49BrN4O8. The highest BCUT2D eigenvalue weighted by Crippen LogP contribution is 2.61. The number of halogens is 1. The summed E-state index contributed by atoms with van der Waals surface area (Å²) in [6.45, 7) is 16.9. The van der Waals surface area contributed by atoms with Gasteiger partial charge in [0.25, 0.3) is 0 Å². The molecule has 252 valence electrons. The quantitative estimate of drug-likeness (QED) is 0.138. The lowest BCUT2D eigenvalue weighted by molar-refractivity contribution is -0.160. The monoisotopic (exact) mass is 696 g/mol. The minimum absolute atomic E-state index is 0.119. The Balaban J connectivity index is 1.61. The molecule has 4 heterocycles. The number of amides is 3. The molecule has 8 atom stereocenters. The van der Waals surface area contributed by atoms with Crippen molar-refractivity contribution in [2.75, 3.05) is 59.1 Å². The second-order valence-corrected chi connectivity index (χ2v) is 14.0. The van der Waals surface area contributed by atoms with E-state index in [-0.39, 0.29) is 54.6 Å². The Morgan fingerprint density at radius 3 is 2.56 bits per heavy atom. The Kier molecular flexibility index (Phi) is 12.2. The van der Waals surface area contributed by atoms with E-state index in [2.05, 4.69) is 39.3 Å². The van der Waals surface area contributed by atoms with Crippen LogP contribution in [0.1, 0.15) is 40.0 Å². The molecule has 3 amide bonds. The average molecular weight is 698 g/mol. The van der Waals surface area contributed by atoms with Crippen LogP contribution in [0.5, 0.6) is 0 Å². The highest BCUT2D eigenvalue weighted by molar-refractivity contribution is 9.09. The molecule has 13 heteroatoms. The maximum Gasteiger partial charge on any atom is 0.312 e. The van der Waals surface area contributed by atoms with Crippen molar-refractivity contribution in [2.45, 2.75) is 74.8 Å². The molecular weight excluding hydrogens is 648 g/mol. The number of hydrogen-bond acceptors (Lipinski definition) is 9. The summed E-state index contributed by atoms with van der Waals surface area (Å²) in [5, 5.41) is 13.2. The van der Waals surface area contributed by atoms with E-state index in [1.165, 1.54) is 4.90 Å². The van der Waals surface area contributed by atoms with E-state index in [0.717, 1.165) is 13.1 Å². The van der Waals surface area contributed by atoms with Gasteiger partial charge in [0.2, 0.25) is 17.7 Å². The molecule has 0 aromatic carbocycles. The van der Waals surface area contributed by atoms with Gasteiger partial charge in [-0.1, -0.05) is 41.9 Å². The molecule has 4 aliphatic rings. The Morgan fingerprint density at radius 2 is 1.93 bits per heavy atom. The zero-order chi connectivity index (χ0) is 32.9. The van der Waals surface area contributed by atoms with Gasteiger partial charge in [-0.05, 0) is 25.7 Å². The molecule has 45 heavy (non-hydrogen) atoms. The van der Waals surface area contributed by atoms with Crippen LogP contribution in [0.3, 0.4) is 0 Å². The van der Waals surface area contributed by atoms with Crippen molar-refractivity contribution in [1.29, 1.82) is 0 Å². The lowest BCUT2D eigenvalue weighted by Gasteiger charge is -2.41. The third kappa shape index (κ3) is 7.32. The van der Waals surface area contributed by atoms with Crippen molar-refractivity contribution in [1.82, 2.24) is 20.0 Å². The molecule has 4 saturated heterocycles. The van der Waals surface area contributed by atoms with Crippen molar-refractivity contribution in [3.63, 3.8) is 0 Å². The van der Waals surface area contributed by atoms with E-state index in [1.807, 2.05) is 13.8 Å². The summed E-state index contributed by atoms with van der Waals surface area (Å²) in [5.41, 5.74) is -1.28. The van der Waals surface area contributed by atoms with Gasteiger partial charge in [-0.25, -0.2) is 0 Å². The standard InChI is InChI=1S/C32H49BrN4O8/c1-6-8-9-24(39)34-18-21(5)44-31(42)25-26-29(40)37(23(19-38)20(3)4)28(32(26)17-22(33)27(25)45-32)30(41)36(10-7-2)12-11-35-13-15-43-16-14-35/h6-7,20-23,25-28,38H,1-2,8-19H2,3-5H3,(H,34,39)/t21-,22?,23+,25+,26-,27+,28+,32-/m1/s1. The number of morpholine rings is 1. The minimum atomic E-state index is -1.28. The van der Waals surface area contributed by atoms with Crippen LogP contribution in [0.4, 0.5) is 0 Å². The van der Waals surface area contributed by atoms with Crippen molar-refractivity contribution in [3.05, 3.63) is 25.3 Å². The van der Waals surface area contributed by atoms with E-state index in [0.29, 0.717) is 39.1 Å². The second-order valence-electron chi connectivity index (χ2n) is 12.8. The predicted molar refractivity (Wildman–Crippen MR) is 170 cm³/mol. The molecule has 1 spiro atoms. The molecule has 4 fully saturated rings. The fourth-order valence-corrected chi connectivity index (χ4v) is 8.14. The summed E-state index contributed by atoms with van der Waals surface area (Å²) in [6, 6.07) is -1.70. The summed E-state index contributed by atoms with van der Waals surface area (Å²) in [5.74, 6) is -3.54. The van der Waals surface area contributed by atoms with Crippen molar-refractivity contribution in [2.24, 2.45) is 17.8 Å². The zero-order valence-corrected chi connectivity index (χ0v) is 28.3. The van der Waals surface area contributed by atoms with Gasteiger partial charge in [0, 0.05) is 44.0 Å². The number of allylic oxidation sites excluding steroid dienone is 1. The maximum atomic E-state index is 14.6. The first-order valence-electron chi connectivity index (χ1n) is 16.0. The smallest absolute Gasteiger partial charge is 0.312 e. The molecule has 2 N–H and O–H groups in total. The molecule has 12 nitrogen and oxygen atoms in total. The van der Waals surface area contributed by atoms with Crippen molar-refractivity contribution in [3.8, 4) is 0 Å². The Labute approximate surface area is 274 Å². The zero-order valence-electron chi connectivity index (χ0n) is 26.7. The van der Waals surface area contributed by atoms with Gasteiger partial charge in [0.05, 0.1) is 50.3 Å². The van der Waals surface area contributed by atoms with Crippen LogP contribution in [0.2, 0.25) is 0 Å². The van der Waals surface area contributed by atoms with Gasteiger partial charge in [-0.15, -0.1) is 13.2 Å². The molecule has 0 aliphatic carbocycles. The number of alkyl halides is 1. The molecule has 0 aromatic rings. The number of aliphatic hydroxyl groups excluding tert-OH is 1. The number of nitrogens with one attached hydrogen (secondary N) is 1. The van der Waals surface area contributed by atoms with Crippen LogP contribution < -0.4 is 5.32 Å². The van der Waals surface area contributed by atoms with Gasteiger partial charge in [0.15, 0.2) is 0 Å². The number of esters is 1. The van der Waals surface area contributed by atoms with Crippen LogP contribution in [-0.4, -0.2) is 137 Å². The number of aliphatic hydroxyl groups is 1. The van der Waals surface area contributed by atoms with Gasteiger partial charge in [-0.2, -0.15) is 0 Å². The third-order valence-corrected chi connectivity index (χ3v) is 10.3. The fraction of sp³-hybridized carbons (Fsp3) is 0.750. The highest BCUT2D eigenvalue weighted by Gasteiger charge is 2.77. The number of hydrogen-bond donors (Lipinski definition) is 2. The summed E-state index contributed by atoms with van der Waals surface area (Å²) in [4.78, 5) is 60.0. The Morgan fingerprint density at radius 1 is 1.22 bits per heavy atom. The van der Waals surface area contributed by atoms with Crippen molar-refractivity contribution >= 4 is 39.6 Å². The fourth-order valence-electron chi connectivity index (χ4n) is 7.20. The summed E-state index contributed by atoms with van der Waals surface area (Å²) in [6.07, 6.45) is 3.17. The van der Waals surface area contributed by atoms with Gasteiger partial charge in [0.1, 0.15) is 17.7 Å². The lowest BCUT2D eigenvalue weighted by atomic mass is 9.70. The maximum absolute atomic E-state index is 14.6. The van der Waals surface area contributed by atoms with Crippen molar-refractivity contribution < 1.29 is 38.5 Å². The predicted octanol–water partition coefficient (Wildman–Crippen LogP) is 1.11. The average Bonchev–Trinajstić information content (AvgIpc) is 3.61. The van der Waals surface area contributed by atoms with Gasteiger partial charge < -0.3 is 34.4 Å². The number of carbonyl (C=O) groups excluding carboxylic acids is 4. The third-order valence-electron chi connectivity index (χ3n) is 9.48. The topological polar surface area (TPSA) is 138 Å². The highest BCUT2D eigenvalue weighted by atomic mass is 79.9. The minimum Gasteiger partial charge on any atom is -0.460 e. The molecule has 0 radical (unpaired) electrons. The van der Waals surface area contributed by atoms with Crippen LogP contribution in [-0.2, 0) is 33.4 Å². The van der Waals surface area contributed by atoms with E-state index in [9.17, 15) is 24.3 Å². The molecule has 0 aromatic heterocycles. The Bertz CT molecular complexity index is 1120. The first-order chi connectivity index (χ1) is 21.5. The molecule has 4 aliphatic heterocycles. The molecule has 0 saturated carbocycles. The molecule has 1 unspecified atom stereocenters. The number of ether oxygens (including phenoxy) is 3. The second kappa shape index (κ2) is 15.5. The number of likely N-dealkylation sites (tertiary alicyclic amines) is 1. The van der Waals surface area contributed by atoms with E-state index < -0.39 is 47.7 Å². The number of fused-ring (bicyclic) bond motifs is 1. The van der Waals surface area contributed by atoms with Crippen LogP contribution >= 0.6 is 15.9 Å². The molecule has 4 rings (SSSR count). The number of nitrogens with zero attached hydrogens (tertiary/aromatic N) is 3. The lowest BCUT2D eigenvalue weighted by Crippen LogP contribution is -2.60. The van der Waals surface area contributed by atoms with E-state index >= 15 is 0 Å². The number of carbonyl (C=O) groups is 4. The van der Waals surface area contributed by atoms with Crippen LogP contribution in [0, 0.1) is 17.8 Å². The first-order valence-corrected chi connectivity index (χ1v) is 16.9. The normalized spacial score (nSPS) is 30.6. The first kappa shape index (κ1) is 35.5. The van der Waals surface area contributed by atoms with Gasteiger partial charge >= 0.3 is 5.97 Å². The van der Waals surface area contributed by atoms with Gasteiger partial charge in [-0.3, -0.25) is 24.1 Å². The van der Waals surface area contributed by atoms with Crippen LogP contribution in [0.25, 0.3) is 0 Å². The van der Waals surface area contributed by atoms with Crippen LogP contribution in [0.15, 0.2) is 25.3 Å².